The van der Waals surface area contributed by atoms with Crippen LogP contribution in [-0.2, 0) is 15.9 Å². The number of hydrogen-bond acceptors (Lipinski definition) is 4. The molecule has 134 valence electrons. The number of nitrogens with zero attached hydrogens (tertiary/aromatic N) is 1. The second kappa shape index (κ2) is 8.84. The molecule has 0 aromatic heterocycles. The van der Waals surface area contributed by atoms with Crippen molar-refractivity contribution in [1.82, 2.24) is 4.90 Å². The van der Waals surface area contributed by atoms with E-state index in [2.05, 4.69) is 29.2 Å². The van der Waals surface area contributed by atoms with Crippen LogP contribution in [0.3, 0.4) is 0 Å². The Balaban J connectivity index is 1.57. The minimum atomic E-state index is 0.373. The van der Waals surface area contributed by atoms with Gasteiger partial charge in [-0.15, -0.1) is 0 Å². The molecule has 2 fully saturated rings. The van der Waals surface area contributed by atoms with Crippen LogP contribution in [0.2, 0.25) is 0 Å². The number of piperidine rings is 1. The molecule has 2 saturated heterocycles. The highest BCUT2D eigenvalue weighted by Gasteiger charge is 2.30. The summed E-state index contributed by atoms with van der Waals surface area (Å²) in [5.41, 5.74) is 1.37. The third kappa shape index (κ3) is 4.71. The maximum absolute atomic E-state index is 5.79. The lowest BCUT2D eigenvalue weighted by Crippen LogP contribution is -2.46. The Morgan fingerprint density at radius 1 is 1.08 bits per heavy atom. The molecule has 0 amide bonds. The van der Waals surface area contributed by atoms with Gasteiger partial charge in [0.25, 0.3) is 0 Å². The fraction of sp³-hybridized carbons (Fsp3) is 0.700. The minimum absolute atomic E-state index is 0.373. The molecule has 2 atom stereocenters. The molecule has 1 aromatic rings. The van der Waals surface area contributed by atoms with Crippen LogP contribution < -0.4 is 4.74 Å². The SMILES string of the molecule is COc1ccc(C[C@H]2CN(CC3CCOCC3)CC[C@@H]2OC)cc1. The molecule has 24 heavy (non-hydrogen) atoms. The number of rotatable bonds is 6. The van der Waals surface area contributed by atoms with Crippen molar-refractivity contribution in [1.29, 1.82) is 0 Å². The normalized spacial score (nSPS) is 26.4. The molecular formula is C20H31NO3. The molecule has 1 aromatic carbocycles. The van der Waals surface area contributed by atoms with Gasteiger partial charge in [0.15, 0.2) is 0 Å². The fourth-order valence-corrected chi connectivity index (χ4v) is 4.12. The quantitative estimate of drug-likeness (QED) is 0.801. The van der Waals surface area contributed by atoms with Crippen LogP contribution in [0.5, 0.6) is 5.75 Å². The molecule has 2 aliphatic heterocycles. The minimum Gasteiger partial charge on any atom is -0.497 e. The fourth-order valence-electron chi connectivity index (χ4n) is 4.12. The van der Waals surface area contributed by atoms with Gasteiger partial charge in [-0.1, -0.05) is 12.1 Å². The van der Waals surface area contributed by atoms with Gasteiger partial charge >= 0.3 is 0 Å². The zero-order chi connectivity index (χ0) is 16.8. The van der Waals surface area contributed by atoms with Gasteiger partial charge in [0.1, 0.15) is 5.75 Å². The first-order chi connectivity index (χ1) is 11.8. The molecular weight excluding hydrogens is 302 g/mol. The van der Waals surface area contributed by atoms with E-state index < -0.39 is 0 Å². The smallest absolute Gasteiger partial charge is 0.118 e. The van der Waals surface area contributed by atoms with Gasteiger partial charge in [-0.3, -0.25) is 0 Å². The van der Waals surface area contributed by atoms with Gasteiger partial charge in [-0.25, -0.2) is 0 Å². The highest BCUT2D eigenvalue weighted by atomic mass is 16.5. The average Bonchev–Trinajstić information content (AvgIpc) is 2.63. The van der Waals surface area contributed by atoms with Crippen molar-refractivity contribution in [2.75, 3.05) is 47.1 Å². The molecule has 2 aliphatic rings. The molecule has 2 heterocycles. The van der Waals surface area contributed by atoms with Crippen molar-refractivity contribution in [3.63, 3.8) is 0 Å². The largest absolute Gasteiger partial charge is 0.497 e. The number of ether oxygens (including phenoxy) is 3. The van der Waals surface area contributed by atoms with Crippen LogP contribution >= 0.6 is 0 Å². The summed E-state index contributed by atoms with van der Waals surface area (Å²) in [5, 5.41) is 0. The second-order valence-electron chi connectivity index (χ2n) is 7.19. The van der Waals surface area contributed by atoms with E-state index in [1.165, 1.54) is 24.9 Å². The van der Waals surface area contributed by atoms with Crippen molar-refractivity contribution in [2.45, 2.75) is 31.8 Å². The van der Waals surface area contributed by atoms with E-state index in [1.807, 2.05) is 7.11 Å². The van der Waals surface area contributed by atoms with Crippen LogP contribution in [0.4, 0.5) is 0 Å². The van der Waals surface area contributed by atoms with Gasteiger partial charge in [0.2, 0.25) is 0 Å². The topological polar surface area (TPSA) is 30.9 Å². The summed E-state index contributed by atoms with van der Waals surface area (Å²) < 4.78 is 16.5. The van der Waals surface area contributed by atoms with E-state index in [9.17, 15) is 0 Å². The number of likely N-dealkylation sites (tertiary alicyclic amines) is 1. The maximum atomic E-state index is 5.79. The van der Waals surface area contributed by atoms with Crippen LogP contribution in [0, 0.1) is 11.8 Å². The van der Waals surface area contributed by atoms with Crippen LogP contribution in [0.15, 0.2) is 24.3 Å². The molecule has 0 unspecified atom stereocenters. The zero-order valence-corrected chi connectivity index (χ0v) is 15.1. The summed E-state index contributed by atoms with van der Waals surface area (Å²) in [7, 11) is 3.57. The zero-order valence-electron chi connectivity index (χ0n) is 15.1. The van der Waals surface area contributed by atoms with Crippen molar-refractivity contribution in [3.8, 4) is 5.75 Å². The first kappa shape index (κ1) is 17.7. The highest BCUT2D eigenvalue weighted by molar-refractivity contribution is 5.27. The lowest BCUT2D eigenvalue weighted by atomic mass is 9.87. The van der Waals surface area contributed by atoms with Gasteiger partial charge < -0.3 is 19.1 Å². The monoisotopic (exact) mass is 333 g/mol. The summed E-state index contributed by atoms with van der Waals surface area (Å²) in [6.45, 7) is 5.40. The van der Waals surface area contributed by atoms with Crippen molar-refractivity contribution < 1.29 is 14.2 Å². The first-order valence-corrected chi connectivity index (χ1v) is 9.24. The molecule has 4 nitrogen and oxygen atoms in total. The van der Waals surface area contributed by atoms with Gasteiger partial charge in [-0.2, -0.15) is 0 Å². The Kier molecular flexibility index (Phi) is 6.52. The van der Waals surface area contributed by atoms with E-state index in [-0.39, 0.29) is 0 Å². The predicted molar refractivity (Wildman–Crippen MR) is 95.6 cm³/mol. The molecule has 0 N–H and O–H groups in total. The van der Waals surface area contributed by atoms with Gasteiger partial charge in [-0.05, 0) is 49.3 Å². The maximum Gasteiger partial charge on any atom is 0.118 e. The van der Waals surface area contributed by atoms with E-state index in [4.69, 9.17) is 14.2 Å². The Hall–Kier alpha value is -1.10. The summed E-state index contributed by atoms with van der Waals surface area (Å²) in [6, 6.07) is 8.48. The van der Waals surface area contributed by atoms with Crippen molar-refractivity contribution in [2.24, 2.45) is 11.8 Å². The Morgan fingerprint density at radius 3 is 2.50 bits per heavy atom. The first-order valence-electron chi connectivity index (χ1n) is 9.24. The van der Waals surface area contributed by atoms with Crippen molar-refractivity contribution in [3.05, 3.63) is 29.8 Å². The molecule has 0 aliphatic carbocycles. The lowest BCUT2D eigenvalue weighted by Gasteiger charge is -2.40. The summed E-state index contributed by atoms with van der Waals surface area (Å²) in [6.07, 6.45) is 5.02. The van der Waals surface area contributed by atoms with E-state index in [0.29, 0.717) is 12.0 Å². The number of methoxy groups -OCH3 is 2. The molecule has 0 saturated carbocycles. The molecule has 4 heteroatoms. The van der Waals surface area contributed by atoms with E-state index >= 15 is 0 Å². The number of benzene rings is 1. The summed E-state index contributed by atoms with van der Waals surface area (Å²) in [5.74, 6) is 2.29. The van der Waals surface area contributed by atoms with E-state index in [0.717, 1.165) is 50.8 Å². The van der Waals surface area contributed by atoms with Crippen molar-refractivity contribution >= 4 is 0 Å². The summed E-state index contributed by atoms with van der Waals surface area (Å²) >= 11 is 0. The Labute approximate surface area is 146 Å². The molecule has 0 spiro atoms. The third-order valence-corrected chi connectivity index (χ3v) is 5.57. The Bertz CT molecular complexity index is 484. The lowest BCUT2D eigenvalue weighted by molar-refractivity contribution is -0.0175. The van der Waals surface area contributed by atoms with E-state index in [1.54, 1.807) is 7.11 Å². The summed E-state index contributed by atoms with van der Waals surface area (Å²) in [4.78, 5) is 2.65. The number of hydrogen-bond donors (Lipinski definition) is 0. The standard InChI is InChI=1S/C20H31NO3/c1-22-19-5-3-16(4-6-19)13-18-15-21(10-7-20(18)23-2)14-17-8-11-24-12-9-17/h3-6,17-18,20H,7-15H2,1-2H3/t18-,20-/m0/s1. The van der Waals surface area contributed by atoms with Crippen LogP contribution in [-0.4, -0.2) is 58.1 Å². The Morgan fingerprint density at radius 2 is 1.83 bits per heavy atom. The predicted octanol–water partition coefficient (Wildman–Crippen LogP) is 3.00. The molecule has 3 rings (SSSR count). The molecule has 0 radical (unpaired) electrons. The average molecular weight is 333 g/mol. The third-order valence-electron chi connectivity index (χ3n) is 5.57. The van der Waals surface area contributed by atoms with Gasteiger partial charge in [0.05, 0.1) is 13.2 Å². The molecule has 0 bridgehead atoms. The van der Waals surface area contributed by atoms with Gasteiger partial charge in [0, 0.05) is 45.9 Å². The highest BCUT2D eigenvalue weighted by Crippen LogP contribution is 2.26. The van der Waals surface area contributed by atoms with Crippen LogP contribution in [0.1, 0.15) is 24.8 Å². The second-order valence-corrected chi connectivity index (χ2v) is 7.19. The van der Waals surface area contributed by atoms with Crippen LogP contribution in [0.25, 0.3) is 0 Å².